The van der Waals surface area contributed by atoms with E-state index in [1.54, 1.807) is 12.1 Å². The molecule has 25 heavy (non-hydrogen) atoms. The van der Waals surface area contributed by atoms with Gasteiger partial charge in [-0.2, -0.15) is 8.78 Å². The van der Waals surface area contributed by atoms with E-state index < -0.39 is 15.6 Å². The van der Waals surface area contributed by atoms with Gasteiger partial charge in [0.25, 0.3) is 0 Å². The Kier molecular flexibility index (Phi) is 5.60. The van der Waals surface area contributed by atoms with Crippen LogP contribution >= 0.6 is 0 Å². The Morgan fingerprint density at radius 1 is 1.12 bits per heavy atom. The number of alkyl halides is 2. The Bertz CT molecular complexity index is 674. The van der Waals surface area contributed by atoms with Crippen LogP contribution in [0.25, 0.3) is 0 Å². The highest BCUT2D eigenvalue weighted by molar-refractivity contribution is 7.91. The van der Waals surface area contributed by atoms with Gasteiger partial charge in [0, 0.05) is 37.4 Å². The van der Waals surface area contributed by atoms with E-state index in [-0.39, 0.29) is 4.90 Å². The second kappa shape index (κ2) is 7.55. The molecule has 1 atom stereocenters. The molecule has 1 aromatic rings. The third-order valence-corrected chi connectivity index (χ3v) is 6.52. The minimum atomic E-state index is -4.52. The van der Waals surface area contributed by atoms with Gasteiger partial charge in [0.1, 0.15) is 0 Å². The van der Waals surface area contributed by atoms with Gasteiger partial charge in [-0.3, -0.25) is 4.90 Å². The zero-order chi connectivity index (χ0) is 18.0. The Morgan fingerprint density at radius 3 is 2.32 bits per heavy atom. The summed E-state index contributed by atoms with van der Waals surface area (Å²) in [5.41, 5.74) is 0.877. The molecule has 0 saturated carbocycles. The number of piperidine rings is 1. The molecule has 2 aliphatic heterocycles. The minimum Gasteiger partial charge on any atom is -0.379 e. The van der Waals surface area contributed by atoms with Gasteiger partial charge in [-0.25, -0.2) is 8.42 Å². The van der Waals surface area contributed by atoms with Gasteiger partial charge in [0.05, 0.1) is 18.1 Å². The van der Waals surface area contributed by atoms with E-state index in [0.29, 0.717) is 12.1 Å². The summed E-state index contributed by atoms with van der Waals surface area (Å²) in [6.07, 6.45) is 2.06. The van der Waals surface area contributed by atoms with Crippen LogP contribution in [-0.4, -0.2) is 64.0 Å². The van der Waals surface area contributed by atoms with Crippen molar-refractivity contribution < 1.29 is 21.9 Å². The first-order valence-corrected chi connectivity index (χ1v) is 10.1. The van der Waals surface area contributed by atoms with Crippen molar-refractivity contribution in [1.29, 1.82) is 0 Å². The zero-order valence-corrected chi connectivity index (χ0v) is 15.1. The highest BCUT2D eigenvalue weighted by Crippen LogP contribution is 2.27. The van der Waals surface area contributed by atoms with E-state index in [4.69, 9.17) is 4.74 Å². The first-order chi connectivity index (χ1) is 11.9. The molecule has 0 aromatic heterocycles. The van der Waals surface area contributed by atoms with Gasteiger partial charge in [-0.1, -0.05) is 0 Å². The number of benzene rings is 1. The lowest BCUT2D eigenvalue weighted by Gasteiger charge is -2.43. The van der Waals surface area contributed by atoms with Gasteiger partial charge in [0.2, 0.25) is 9.84 Å². The number of morpholine rings is 1. The maximum Gasteiger partial charge on any atom is 0.341 e. The fraction of sp³-hybridized carbons (Fsp3) is 0.647. The maximum absolute atomic E-state index is 12.6. The summed E-state index contributed by atoms with van der Waals surface area (Å²) in [5, 5.41) is 0. The monoisotopic (exact) mass is 374 g/mol. The molecule has 8 heteroatoms. The van der Waals surface area contributed by atoms with Crippen LogP contribution in [0, 0.1) is 0 Å². The third-order valence-electron chi connectivity index (χ3n) is 5.12. The highest BCUT2D eigenvalue weighted by atomic mass is 32.2. The van der Waals surface area contributed by atoms with Gasteiger partial charge >= 0.3 is 5.76 Å². The van der Waals surface area contributed by atoms with Crippen LogP contribution in [0.4, 0.5) is 14.5 Å². The zero-order valence-electron chi connectivity index (χ0n) is 14.3. The lowest BCUT2D eigenvalue weighted by molar-refractivity contribution is -0.0265. The molecule has 2 heterocycles. The van der Waals surface area contributed by atoms with Crippen molar-refractivity contribution in [3.63, 3.8) is 0 Å². The Labute approximate surface area is 147 Å². The predicted octanol–water partition coefficient (Wildman–Crippen LogP) is 2.37. The largest absolute Gasteiger partial charge is 0.379 e. The van der Waals surface area contributed by atoms with Crippen LogP contribution in [-0.2, 0) is 14.6 Å². The molecule has 140 valence electrons. The molecule has 0 spiro atoms. The molecule has 1 aromatic carbocycles. The Balaban J connectivity index is 1.61. The summed E-state index contributed by atoms with van der Waals surface area (Å²) < 4.78 is 53.7. The van der Waals surface area contributed by atoms with Crippen molar-refractivity contribution in [3.8, 4) is 0 Å². The van der Waals surface area contributed by atoms with Crippen LogP contribution in [0.15, 0.2) is 29.2 Å². The molecular formula is C17H24F2N2O3S. The minimum absolute atomic E-state index is 0.330. The summed E-state index contributed by atoms with van der Waals surface area (Å²) in [6, 6.07) is 6.75. The molecule has 0 aliphatic carbocycles. The van der Waals surface area contributed by atoms with Crippen molar-refractivity contribution in [2.24, 2.45) is 0 Å². The fourth-order valence-electron chi connectivity index (χ4n) is 3.69. The van der Waals surface area contributed by atoms with E-state index in [2.05, 4.69) is 16.7 Å². The summed E-state index contributed by atoms with van der Waals surface area (Å²) >= 11 is 0. The second-order valence-corrected chi connectivity index (χ2v) is 8.60. The first kappa shape index (κ1) is 18.5. The summed E-state index contributed by atoms with van der Waals surface area (Å²) in [5.74, 6) is -3.38. The molecule has 0 unspecified atom stereocenters. The molecule has 2 saturated heterocycles. The van der Waals surface area contributed by atoms with Gasteiger partial charge < -0.3 is 9.64 Å². The van der Waals surface area contributed by atoms with Crippen LogP contribution < -0.4 is 4.90 Å². The van der Waals surface area contributed by atoms with Crippen molar-refractivity contribution in [2.45, 2.75) is 42.5 Å². The van der Waals surface area contributed by atoms with Crippen molar-refractivity contribution >= 4 is 15.5 Å². The highest BCUT2D eigenvalue weighted by Gasteiger charge is 2.30. The summed E-state index contributed by atoms with van der Waals surface area (Å²) in [4.78, 5) is 4.36. The van der Waals surface area contributed by atoms with Crippen molar-refractivity contribution in [2.75, 3.05) is 37.7 Å². The fourth-order valence-corrected chi connectivity index (χ4v) is 4.41. The number of hydrogen-bond donors (Lipinski definition) is 0. The average molecular weight is 374 g/mol. The number of ether oxygens (including phenoxy) is 1. The molecule has 5 nitrogen and oxygen atoms in total. The standard InChI is InChI=1S/C17H24F2N2O3S/c1-13-12-24-11-10-21(13)15-6-8-20(9-7-15)14-2-4-16(5-3-14)25(22,23)17(18)19/h2-5,13,15,17H,6-12H2,1H3/t13-/m0/s1. The molecule has 3 rings (SSSR count). The molecule has 2 aliphatic rings. The Morgan fingerprint density at radius 2 is 1.76 bits per heavy atom. The number of rotatable bonds is 4. The number of nitrogens with zero attached hydrogens (tertiary/aromatic N) is 2. The van der Waals surface area contributed by atoms with Gasteiger partial charge in [0.15, 0.2) is 0 Å². The SMILES string of the molecule is C[C@H]1COCCN1C1CCN(c2ccc(S(=O)(=O)C(F)F)cc2)CC1. The first-order valence-electron chi connectivity index (χ1n) is 8.60. The maximum atomic E-state index is 12.6. The van der Waals surface area contributed by atoms with E-state index >= 15 is 0 Å². The van der Waals surface area contributed by atoms with E-state index in [9.17, 15) is 17.2 Å². The normalized spacial score (nSPS) is 24.0. The Hall–Kier alpha value is -1.25. The number of hydrogen-bond acceptors (Lipinski definition) is 5. The number of anilines is 1. The second-order valence-electron chi connectivity index (χ2n) is 6.68. The smallest absolute Gasteiger partial charge is 0.341 e. The number of halogens is 2. The molecule has 2 fully saturated rings. The lowest BCUT2D eigenvalue weighted by atomic mass is 10.0. The van der Waals surface area contributed by atoms with E-state index in [1.807, 2.05) is 0 Å². The molecule has 0 radical (unpaired) electrons. The molecule has 0 bridgehead atoms. The van der Waals surface area contributed by atoms with E-state index in [1.165, 1.54) is 12.1 Å². The summed E-state index contributed by atoms with van der Waals surface area (Å²) in [6.45, 7) is 6.45. The van der Waals surface area contributed by atoms with E-state index in [0.717, 1.165) is 51.4 Å². The third kappa shape index (κ3) is 3.96. The van der Waals surface area contributed by atoms with Gasteiger partial charge in [-0.05, 0) is 44.0 Å². The lowest BCUT2D eigenvalue weighted by Crippen LogP contribution is -2.53. The van der Waals surface area contributed by atoms with Crippen molar-refractivity contribution in [1.82, 2.24) is 4.90 Å². The number of sulfone groups is 1. The topological polar surface area (TPSA) is 49.9 Å². The quantitative estimate of drug-likeness (QED) is 0.810. The molecular weight excluding hydrogens is 350 g/mol. The van der Waals surface area contributed by atoms with Gasteiger partial charge in [-0.15, -0.1) is 0 Å². The summed E-state index contributed by atoms with van der Waals surface area (Å²) in [7, 11) is -4.52. The molecule has 0 N–H and O–H groups in total. The average Bonchev–Trinajstić information content (AvgIpc) is 2.62. The van der Waals surface area contributed by atoms with Crippen LogP contribution in [0.1, 0.15) is 19.8 Å². The van der Waals surface area contributed by atoms with Crippen molar-refractivity contribution in [3.05, 3.63) is 24.3 Å². The van der Waals surface area contributed by atoms with Crippen LogP contribution in [0.3, 0.4) is 0 Å². The predicted molar refractivity (Wildman–Crippen MR) is 91.9 cm³/mol. The van der Waals surface area contributed by atoms with Crippen LogP contribution in [0.5, 0.6) is 0 Å². The molecule has 0 amide bonds. The van der Waals surface area contributed by atoms with Crippen LogP contribution in [0.2, 0.25) is 0 Å².